The molecule has 1 unspecified atom stereocenters. The molecule has 0 heterocycles. The summed E-state index contributed by atoms with van der Waals surface area (Å²) in [5.74, 6) is 0. The number of hydrogen-bond donors (Lipinski definition) is 6. The van der Waals surface area contributed by atoms with Crippen molar-refractivity contribution in [3.63, 3.8) is 0 Å². The van der Waals surface area contributed by atoms with Gasteiger partial charge in [-0.1, -0.05) is 19.8 Å². The molecule has 108 valence electrons. The summed E-state index contributed by atoms with van der Waals surface area (Å²) in [6.07, 6.45) is 2.02. The Bertz CT molecular complexity index is 106. The van der Waals surface area contributed by atoms with Gasteiger partial charge in [-0.3, -0.25) is 0 Å². The normalized spacial score (nSPS) is 11.1. The van der Waals surface area contributed by atoms with Crippen LogP contribution in [0.15, 0.2) is 0 Å². The van der Waals surface area contributed by atoms with Gasteiger partial charge in [-0.05, 0) is 19.8 Å². The van der Waals surface area contributed by atoms with E-state index in [1.165, 1.54) is 6.92 Å². The minimum atomic E-state index is -1.10. The monoisotopic (exact) mass is 256 g/mol. The average Bonchev–Trinajstić information content (AvgIpc) is 2.30. The molecule has 6 N–H and O–H groups in total. The Hall–Kier alpha value is -0.240. The van der Waals surface area contributed by atoms with Crippen molar-refractivity contribution in [1.29, 1.82) is 0 Å². The van der Waals surface area contributed by atoms with Crippen LogP contribution in [0.2, 0.25) is 0 Å². The molecule has 0 rings (SSSR count). The van der Waals surface area contributed by atoms with Gasteiger partial charge in [0.15, 0.2) is 6.29 Å². The van der Waals surface area contributed by atoms with Crippen molar-refractivity contribution >= 4 is 0 Å². The van der Waals surface area contributed by atoms with E-state index in [1.54, 1.807) is 0 Å². The number of aliphatic hydroxyl groups is 6. The van der Waals surface area contributed by atoms with Crippen molar-refractivity contribution < 1.29 is 30.6 Å². The lowest BCUT2D eigenvalue weighted by molar-refractivity contribution is -0.0465. The fourth-order valence-electron chi connectivity index (χ4n) is 0.577. The van der Waals surface area contributed by atoms with Gasteiger partial charge in [-0.25, -0.2) is 0 Å². The first-order chi connectivity index (χ1) is 7.95. The lowest BCUT2D eigenvalue weighted by atomic mass is 10.2. The standard InChI is InChI=1S/C6H14O2.C3H8O2.C2H6O2/c1-2-3-4-5-6(7)8;1-3(5)2-4;3-1-2-4/h6-8H,2-5H2,1H3;3-5H,2H2,1H3;3-4H,1-2H2. The molecule has 1 atom stereocenters. The molecular weight excluding hydrogens is 228 g/mol. The summed E-state index contributed by atoms with van der Waals surface area (Å²) in [6.45, 7) is 3.23. The zero-order valence-corrected chi connectivity index (χ0v) is 10.8. The van der Waals surface area contributed by atoms with Crippen LogP contribution >= 0.6 is 0 Å². The first-order valence-corrected chi connectivity index (χ1v) is 5.82. The van der Waals surface area contributed by atoms with E-state index in [0.717, 1.165) is 19.3 Å². The summed E-state index contributed by atoms with van der Waals surface area (Å²) in [5, 5.41) is 47.9. The van der Waals surface area contributed by atoms with Crippen LogP contribution in [0, 0.1) is 0 Å². The van der Waals surface area contributed by atoms with Crippen LogP contribution in [0.4, 0.5) is 0 Å². The Balaban J connectivity index is -0.000000188. The largest absolute Gasteiger partial charge is 0.394 e. The van der Waals surface area contributed by atoms with Crippen LogP contribution in [0.3, 0.4) is 0 Å². The summed E-state index contributed by atoms with van der Waals surface area (Å²) >= 11 is 0. The molecule has 0 fully saturated rings. The SMILES string of the molecule is CC(O)CO.CCCCCC(O)O.OCCO. The van der Waals surface area contributed by atoms with Crippen LogP contribution in [-0.4, -0.2) is 62.9 Å². The molecule has 6 nitrogen and oxygen atoms in total. The fraction of sp³-hybridized carbons (Fsp3) is 1.00. The molecule has 0 aliphatic carbocycles. The van der Waals surface area contributed by atoms with Gasteiger partial charge in [-0.2, -0.15) is 0 Å². The summed E-state index contributed by atoms with van der Waals surface area (Å²) < 4.78 is 0. The van der Waals surface area contributed by atoms with Crippen molar-refractivity contribution in [2.24, 2.45) is 0 Å². The molecule has 0 amide bonds. The molecule has 0 radical (unpaired) electrons. The van der Waals surface area contributed by atoms with Gasteiger partial charge in [0.1, 0.15) is 0 Å². The predicted molar refractivity (Wildman–Crippen MR) is 65.3 cm³/mol. The molecule has 0 aromatic heterocycles. The Morgan fingerprint density at radius 1 is 0.882 bits per heavy atom. The van der Waals surface area contributed by atoms with E-state index < -0.39 is 12.4 Å². The Kier molecular flexibility index (Phi) is 27.3. The van der Waals surface area contributed by atoms with E-state index in [9.17, 15) is 0 Å². The van der Waals surface area contributed by atoms with Crippen LogP contribution in [0.25, 0.3) is 0 Å². The minimum absolute atomic E-state index is 0.125. The maximum Gasteiger partial charge on any atom is 0.151 e. The third-order valence-electron chi connectivity index (χ3n) is 1.43. The van der Waals surface area contributed by atoms with E-state index in [2.05, 4.69) is 6.92 Å². The second kappa shape index (κ2) is 21.1. The summed E-state index contributed by atoms with van der Waals surface area (Å²) in [7, 11) is 0. The van der Waals surface area contributed by atoms with Gasteiger partial charge >= 0.3 is 0 Å². The number of hydrogen-bond acceptors (Lipinski definition) is 6. The first-order valence-electron chi connectivity index (χ1n) is 5.82. The predicted octanol–water partition coefficient (Wildman–Crippen LogP) is -0.792. The quantitative estimate of drug-likeness (QED) is 0.273. The third kappa shape index (κ3) is 49.6. The van der Waals surface area contributed by atoms with Gasteiger partial charge in [0.25, 0.3) is 0 Å². The fourth-order valence-corrected chi connectivity index (χ4v) is 0.577. The Labute approximate surface area is 103 Å². The van der Waals surface area contributed by atoms with Crippen molar-refractivity contribution in [3.8, 4) is 0 Å². The van der Waals surface area contributed by atoms with Crippen LogP contribution < -0.4 is 0 Å². The molecule has 0 spiro atoms. The molecule has 6 heteroatoms. The van der Waals surface area contributed by atoms with Gasteiger partial charge in [0, 0.05) is 0 Å². The molecule has 17 heavy (non-hydrogen) atoms. The van der Waals surface area contributed by atoms with Crippen molar-refractivity contribution in [2.45, 2.75) is 51.9 Å². The average molecular weight is 256 g/mol. The Morgan fingerprint density at radius 2 is 1.29 bits per heavy atom. The molecular formula is C11H28O6. The molecule has 0 aromatic rings. The Morgan fingerprint density at radius 3 is 1.47 bits per heavy atom. The zero-order valence-electron chi connectivity index (χ0n) is 10.8. The van der Waals surface area contributed by atoms with E-state index in [-0.39, 0.29) is 19.8 Å². The maximum atomic E-state index is 8.33. The minimum Gasteiger partial charge on any atom is -0.394 e. The number of rotatable bonds is 6. The van der Waals surface area contributed by atoms with Gasteiger partial charge in [0.2, 0.25) is 0 Å². The molecule has 0 saturated heterocycles. The highest BCUT2D eigenvalue weighted by atomic mass is 16.5. The molecule has 0 aliphatic heterocycles. The van der Waals surface area contributed by atoms with E-state index in [0.29, 0.717) is 6.42 Å². The molecule has 0 saturated carbocycles. The van der Waals surface area contributed by atoms with Gasteiger partial charge < -0.3 is 30.6 Å². The smallest absolute Gasteiger partial charge is 0.151 e. The highest BCUT2D eigenvalue weighted by molar-refractivity contribution is 4.40. The highest BCUT2D eigenvalue weighted by Crippen LogP contribution is 1.99. The van der Waals surface area contributed by atoms with Gasteiger partial charge in [-0.15, -0.1) is 0 Å². The highest BCUT2D eigenvalue weighted by Gasteiger charge is 1.93. The third-order valence-corrected chi connectivity index (χ3v) is 1.43. The van der Waals surface area contributed by atoms with E-state index in [4.69, 9.17) is 30.6 Å². The molecule has 0 aliphatic rings. The number of unbranched alkanes of at least 4 members (excludes halogenated alkanes) is 2. The van der Waals surface area contributed by atoms with Crippen LogP contribution in [0.5, 0.6) is 0 Å². The lowest BCUT2D eigenvalue weighted by Gasteiger charge is -1.99. The zero-order chi connectivity index (χ0) is 14.1. The number of aliphatic hydroxyl groups excluding tert-OH is 5. The second-order valence-corrected chi connectivity index (χ2v) is 3.46. The van der Waals surface area contributed by atoms with Crippen LogP contribution in [0.1, 0.15) is 39.5 Å². The summed E-state index contributed by atoms with van der Waals surface area (Å²) in [4.78, 5) is 0. The van der Waals surface area contributed by atoms with Crippen LogP contribution in [-0.2, 0) is 0 Å². The summed E-state index contributed by atoms with van der Waals surface area (Å²) in [6, 6.07) is 0. The lowest BCUT2D eigenvalue weighted by Crippen LogP contribution is -2.03. The second-order valence-electron chi connectivity index (χ2n) is 3.46. The molecule has 0 aromatic carbocycles. The first kappa shape index (κ1) is 22.0. The van der Waals surface area contributed by atoms with E-state index >= 15 is 0 Å². The van der Waals surface area contributed by atoms with Gasteiger partial charge in [0.05, 0.1) is 25.9 Å². The summed E-state index contributed by atoms with van der Waals surface area (Å²) in [5.41, 5.74) is 0. The van der Waals surface area contributed by atoms with Crippen molar-refractivity contribution in [2.75, 3.05) is 19.8 Å². The van der Waals surface area contributed by atoms with E-state index in [1.807, 2.05) is 0 Å². The van der Waals surface area contributed by atoms with Crippen molar-refractivity contribution in [1.82, 2.24) is 0 Å². The van der Waals surface area contributed by atoms with Crippen molar-refractivity contribution in [3.05, 3.63) is 0 Å². The molecule has 0 bridgehead atoms. The maximum absolute atomic E-state index is 8.33. The topological polar surface area (TPSA) is 121 Å².